The first-order chi connectivity index (χ1) is 13.5. The molecule has 142 valence electrons. The van der Waals surface area contributed by atoms with Crippen LogP contribution >= 0.6 is 0 Å². The number of anilines is 2. The van der Waals surface area contributed by atoms with E-state index in [-0.39, 0.29) is 16.8 Å². The van der Waals surface area contributed by atoms with Gasteiger partial charge in [-0.1, -0.05) is 24.3 Å². The monoisotopic (exact) mass is 373 g/mol. The van der Waals surface area contributed by atoms with Gasteiger partial charge in [0.15, 0.2) is 0 Å². The Labute approximate surface area is 165 Å². The first-order valence-corrected chi connectivity index (χ1v) is 9.44. The fourth-order valence-electron chi connectivity index (χ4n) is 3.91. The zero-order valence-corrected chi connectivity index (χ0v) is 16.1. The van der Waals surface area contributed by atoms with Crippen LogP contribution in [0.3, 0.4) is 0 Å². The molecule has 0 spiro atoms. The summed E-state index contributed by atoms with van der Waals surface area (Å²) in [6, 6.07) is 23.9. The van der Waals surface area contributed by atoms with E-state index in [9.17, 15) is 10.1 Å². The van der Waals surface area contributed by atoms with Crippen molar-refractivity contribution in [1.82, 2.24) is 0 Å². The minimum atomic E-state index is -0.352. The molecule has 5 nitrogen and oxygen atoms in total. The van der Waals surface area contributed by atoms with E-state index in [1.165, 1.54) is 22.5 Å². The molecule has 0 amide bonds. The second-order valence-corrected chi connectivity index (χ2v) is 7.29. The van der Waals surface area contributed by atoms with Crippen LogP contribution in [0, 0.1) is 24.0 Å². The van der Waals surface area contributed by atoms with Crippen LogP contribution in [0.2, 0.25) is 0 Å². The maximum absolute atomic E-state index is 11.1. The van der Waals surface area contributed by atoms with Gasteiger partial charge in [0.05, 0.1) is 4.92 Å². The molecule has 1 aliphatic heterocycles. The maximum Gasteiger partial charge on any atom is 0.269 e. The maximum atomic E-state index is 11.1. The van der Waals surface area contributed by atoms with E-state index in [1.54, 1.807) is 12.1 Å². The molecule has 0 N–H and O–H groups in total. The molecule has 4 rings (SSSR count). The molecule has 3 aromatic carbocycles. The highest BCUT2D eigenvalue weighted by atomic mass is 16.6. The summed E-state index contributed by atoms with van der Waals surface area (Å²) in [5.41, 5.74) is 5.93. The van der Waals surface area contributed by atoms with Crippen LogP contribution in [0.1, 0.15) is 22.9 Å². The summed E-state index contributed by atoms with van der Waals surface area (Å²) in [4.78, 5) is 15.5. The van der Waals surface area contributed by atoms with Gasteiger partial charge in [-0.25, -0.2) is 0 Å². The molecule has 1 fully saturated rings. The van der Waals surface area contributed by atoms with Gasteiger partial charge >= 0.3 is 0 Å². The zero-order valence-electron chi connectivity index (χ0n) is 16.1. The second-order valence-electron chi connectivity index (χ2n) is 7.29. The molecule has 3 aromatic rings. The average Bonchev–Trinajstić information content (AvgIpc) is 3.13. The Morgan fingerprint density at radius 3 is 1.75 bits per heavy atom. The lowest BCUT2D eigenvalue weighted by Crippen LogP contribution is -2.31. The molecule has 1 saturated heterocycles. The molecule has 0 bridgehead atoms. The summed E-state index contributed by atoms with van der Waals surface area (Å²) in [6.45, 7) is 5.97. The van der Waals surface area contributed by atoms with Crippen molar-refractivity contribution in [3.8, 4) is 0 Å². The third-order valence-corrected chi connectivity index (χ3v) is 5.24. The molecule has 0 saturated carbocycles. The van der Waals surface area contributed by atoms with Crippen LogP contribution < -0.4 is 9.80 Å². The Kier molecular flexibility index (Phi) is 4.74. The molecule has 0 aromatic heterocycles. The molecule has 0 unspecified atom stereocenters. The van der Waals surface area contributed by atoms with Gasteiger partial charge in [-0.3, -0.25) is 10.1 Å². The number of hydrogen-bond donors (Lipinski definition) is 0. The van der Waals surface area contributed by atoms with Gasteiger partial charge in [-0.15, -0.1) is 0 Å². The predicted octanol–water partition coefficient (Wildman–Crippen LogP) is 5.24. The molecule has 0 radical (unpaired) electrons. The summed E-state index contributed by atoms with van der Waals surface area (Å²) in [6.07, 6.45) is -0.00981. The van der Waals surface area contributed by atoms with E-state index < -0.39 is 0 Å². The van der Waals surface area contributed by atoms with E-state index in [0.717, 1.165) is 18.7 Å². The first-order valence-electron chi connectivity index (χ1n) is 9.44. The fraction of sp³-hybridized carbons (Fsp3) is 0.217. The SMILES string of the molecule is Cc1cccc(N2CCN(c3cccc(C)c3)C2c2ccc([N+](=O)[O-])cc2)c1. The zero-order chi connectivity index (χ0) is 19.7. The van der Waals surface area contributed by atoms with Gasteiger partial charge in [-0.2, -0.15) is 0 Å². The Morgan fingerprint density at radius 1 is 0.821 bits per heavy atom. The third kappa shape index (κ3) is 3.43. The summed E-state index contributed by atoms with van der Waals surface area (Å²) >= 11 is 0. The molecule has 5 heteroatoms. The number of non-ortho nitro benzene ring substituents is 1. The lowest BCUT2D eigenvalue weighted by atomic mass is 10.1. The van der Waals surface area contributed by atoms with E-state index in [0.29, 0.717) is 0 Å². The Bertz CT molecular complexity index is 947. The number of hydrogen-bond acceptors (Lipinski definition) is 4. The number of rotatable bonds is 4. The Balaban J connectivity index is 1.78. The van der Waals surface area contributed by atoms with Crippen molar-refractivity contribution in [3.63, 3.8) is 0 Å². The van der Waals surface area contributed by atoms with Gasteiger partial charge in [0.1, 0.15) is 6.17 Å². The van der Waals surface area contributed by atoms with E-state index in [1.807, 2.05) is 12.1 Å². The van der Waals surface area contributed by atoms with Gasteiger partial charge in [0.25, 0.3) is 5.69 Å². The number of nitro groups is 1. The third-order valence-electron chi connectivity index (χ3n) is 5.24. The second kappa shape index (κ2) is 7.35. The van der Waals surface area contributed by atoms with Crippen molar-refractivity contribution in [2.24, 2.45) is 0 Å². The van der Waals surface area contributed by atoms with Gasteiger partial charge in [0.2, 0.25) is 0 Å². The van der Waals surface area contributed by atoms with E-state index >= 15 is 0 Å². The highest BCUT2D eigenvalue weighted by Gasteiger charge is 2.34. The summed E-state index contributed by atoms with van der Waals surface area (Å²) in [5.74, 6) is 0. The predicted molar refractivity (Wildman–Crippen MR) is 113 cm³/mol. The molecular weight excluding hydrogens is 350 g/mol. The highest BCUT2D eigenvalue weighted by Crippen LogP contribution is 2.38. The lowest BCUT2D eigenvalue weighted by molar-refractivity contribution is -0.384. The molecule has 0 aliphatic carbocycles. The van der Waals surface area contributed by atoms with Gasteiger partial charge in [0, 0.05) is 36.6 Å². The summed E-state index contributed by atoms with van der Waals surface area (Å²) < 4.78 is 0. The first kappa shape index (κ1) is 18.0. The van der Waals surface area contributed by atoms with Crippen LogP contribution in [-0.4, -0.2) is 18.0 Å². The fourth-order valence-corrected chi connectivity index (χ4v) is 3.91. The standard InChI is InChI=1S/C23H23N3O2/c1-17-5-3-7-21(15-17)24-13-14-25(22-8-4-6-18(2)16-22)23(24)19-9-11-20(12-10-19)26(27)28/h3-12,15-16,23H,13-14H2,1-2H3. The molecule has 28 heavy (non-hydrogen) atoms. The van der Waals surface area contributed by atoms with Crippen LogP contribution in [0.5, 0.6) is 0 Å². The van der Waals surface area contributed by atoms with E-state index in [4.69, 9.17) is 0 Å². The molecule has 0 atom stereocenters. The average molecular weight is 373 g/mol. The number of nitrogens with zero attached hydrogens (tertiary/aromatic N) is 3. The number of benzene rings is 3. The topological polar surface area (TPSA) is 49.6 Å². The minimum absolute atomic E-state index is 0.00981. The molecule has 1 heterocycles. The quantitative estimate of drug-likeness (QED) is 0.464. The minimum Gasteiger partial charge on any atom is -0.346 e. The van der Waals surface area contributed by atoms with Gasteiger partial charge < -0.3 is 9.80 Å². The van der Waals surface area contributed by atoms with Crippen molar-refractivity contribution in [1.29, 1.82) is 0 Å². The van der Waals surface area contributed by atoms with Gasteiger partial charge in [-0.05, 0) is 66.9 Å². The van der Waals surface area contributed by atoms with Crippen molar-refractivity contribution in [3.05, 3.63) is 99.6 Å². The van der Waals surface area contributed by atoms with Crippen molar-refractivity contribution in [2.45, 2.75) is 20.0 Å². The summed E-state index contributed by atoms with van der Waals surface area (Å²) in [7, 11) is 0. The Hall–Kier alpha value is -3.34. The van der Waals surface area contributed by atoms with Crippen molar-refractivity contribution >= 4 is 17.1 Å². The molecule has 1 aliphatic rings. The molecular formula is C23H23N3O2. The summed E-state index contributed by atoms with van der Waals surface area (Å²) in [5, 5.41) is 11.1. The normalized spacial score (nSPS) is 14.5. The smallest absolute Gasteiger partial charge is 0.269 e. The lowest BCUT2D eigenvalue weighted by Gasteiger charge is -2.33. The van der Waals surface area contributed by atoms with Crippen molar-refractivity contribution in [2.75, 3.05) is 22.9 Å². The highest BCUT2D eigenvalue weighted by molar-refractivity contribution is 5.60. The number of aryl methyl sites for hydroxylation is 2. The van der Waals surface area contributed by atoms with Crippen LogP contribution in [0.25, 0.3) is 0 Å². The largest absolute Gasteiger partial charge is 0.346 e. The number of nitro benzene ring substituents is 1. The van der Waals surface area contributed by atoms with E-state index in [2.05, 4.69) is 72.2 Å². The van der Waals surface area contributed by atoms with Crippen LogP contribution in [-0.2, 0) is 0 Å². The van der Waals surface area contributed by atoms with Crippen LogP contribution in [0.15, 0.2) is 72.8 Å². The van der Waals surface area contributed by atoms with Crippen molar-refractivity contribution < 1.29 is 4.92 Å². The van der Waals surface area contributed by atoms with Crippen LogP contribution in [0.4, 0.5) is 17.1 Å². The Morgan fingerprint density at radius 2 is 1.32 bits per heavy atom.